The number of aryl methyl sites for hydroxylation is 1. The Kier molecular flexibility index (Phi) is 3.63. The fraction of sp³-hybridized carbons (Fsp3) is 0.267. The second-order valence-electron chi connectivity index (χ2n) is 4.95. The molecule has 6 heteroatoms. The lowest BCUT2D eigenvalue weighted by Crippen LogP contribution is -2.42. The quantitative estimate of drug-likeness (QED) is 0.795. The summed E-state index contributed by atoms with van der Waals surface area (Å²) in [6, 6.07) is 7.27. The molecule has 0 saturated carbocycles. The number of halogens is 1. The van der Waals surface area contributed by atoms with Crippen LogP contribution in [0, 0.1) is 6.92 Å². The topological polar surface area (TPSA) is 55.3 Å². The molecule has 3 rings (SSSR count). The first kappa shape index (κ1) is 14.0. The molecule has 1 aromatic heterocycles. The summed E-state index contributed by atoms with van der Waals surface area (Å²) in [5.74, 6) is 1.14. The highest BCUT2D eigenvalue weighted by molar-refractivity contribution is 9.10. The van der Waals surface area contributed by atoms with Gasteiger partial charge >= 0.3 is 0 Å². The number of aromatic nitrogens is 2. The van der Waals surface area contributed by atoms with Crippen molar-refractivity contribution < 1.29 is 9.53 Å². The normalized spacial score (nSPS) is 17.1. The van der Waals surface area contributed by atoms with Gasteiger partial charge in [-0.2, -0.15) is 0 Å². The van der Waals surface area contributed by atoms with Crippen molar-refractivity contribution in [3.8, 4) is 5.75 Å². The number of rotatable bonds is 1. The molecule has 0 bridgehead atoms. The van der Waals surface area contributed by atoms with Crippen LogP contribution in [0.25, 0.3) is 0 Å². The van der Waals surface area contributed by atoms with E-state index in [9.17, 15) is 4.79 Å². The molecule has 1 atom stereocenters. The third-order valence-corrected chi connectivity index (χ3v) is 3.71. The summed E-state index contributed by atoms with van der Waals surface area (Å²) >= 11 is 3.43. The van der Waals surface area contributed by atoms with E-state index in [4.69, 9.17) is 4.74 Å². The number of amides is 1. The van der Waals surface area contributed by atoms with Gasteiger partial charge in [0, 0.05) is 10.7 Å². The summed E-state index contributed by atoms with van der Waals surface area (Å²) in [4.78, 5) is 22.7. The van der Waals surface area contributed by atoms with E-state index in [1.54, 1.807) is 24.1 Å². The molecule has 21 heavy (non-hydrogen) atoms. The van der Waals surface area contributed by atoms with Crippen molar-refractivity contribution in [1.29, 1.82) is 0 Å². The molecule has 2 aromatic rings. The average Bonchev–Trinajstić information content (AvgIpc) is 2.46. The molecule has 0 spiro atoms. The summed E-state index contributed by atoms with van der Waals surface area (Å²) in [5, 5.41) is 0. The van der Waals surface area contributed by atoms with Gasteiger partial charge in [-0.15, -0.1) is 0 Å². The first-order valence-electron chi connectivity index (χ1n) is 6.62. The second-order valence-corrected chi connectivity index (χ2v) is 5.86. The van der Waals surface area contributed by atoms with Crippen LogP contribution in [0.5, 0.6) is 5.75 Å². The van der Waals surface area contributed by atoms with Crippen LogP contribution in [-0.4, -0.2) is 28.5 Å². The lowest BCUT2D eigenvalue weighted by molar-refractivity contribution is 0.0956. The summed E-state index contributed by atoms with van der Waals surface area (Å²) in [6.45, 7) is 4.20. The molecule has 0 aliphatic carbocycles. The van der Waals surface area contributed by atoms with Crippen LogP contribution in [0.1, 0.15) is 23.2 Å². The Hall–Kier alpha value is -1.95. The molecule has 0 radical (unpaired) electrons. The number of hydrogen-bond donors (Lipinski definition) is 0. The Balaban J connectivity index is 2.02. The van der Waals surface area contributed by atoms with Gasteiger partial charge < -0.3 is 4.74 Å². The molecule has 0 N–H and O–H groups in total. The van der Waals surface area contributed by atoms with Crippen LogP contribution < -0.4 is 9.64 Å². The van der Waals surface area contributed by atoms with Crippen LogP contribution in [0.15, 0.2) is 34.9 Å². The number of fused-ring (bicyclic) bond motifs is 1. The Bertz CT molecular complexity index is 705. The fourth-order valence-corrected chi connectivity index (χ4v) is 2.67. The highest BCUT2D eigenvalue weighted by atomic mass is 79.9. The minimum Gasteiger partial charge on any atom is -0.487 e. The van der Waals surface area contributed by atoms with Crippen LogP contribution in [0.3, 0.4) is 0 Å². The highest BCUT2D eigenvalue weighted by Gasteiger charge is 2.29. The zero-order valence-corrected chi connectivity index (χ0v) is 13.3. The molecular formula is C15H14BrN3O2. The molecule has 0 fully saturated rings. The Morgan fingerprint density at radius 2 is 2.24 bits per heavy atom. The Labute approximate surface area is 131 Å². The van der Waals surface area contributed by atoms with Crippen molar-refractivity contribution >= 4 is 27.5 Å². The lowest BCUT2D eigenvalue weighted by atomic mass is 10.2. The van der Waals surface area contributed by atoms with Gasteiger partial charge in [0.25, 0.3) is 5.91 Å². The van der Waals surface area contributed by atoms with E-state index >= 15 is 0 Å². The molecule has 1 amide bonds. The molecule has 1 aliphatic rings. The van der Waals surface area contributed by atoms with Crippen molar-refractivity contribution in [2.45, 2.75) is 20.0 Å². The number of carbonyl (C=O) groups excluding carboxylic acids is 1. The third kappa shape index (κ3) is 2.76. The second kappa shape index (κ2) is 5.44. The van der Waals surface area contributed by atoms with Crippen molar-refractivity contribution in [3.63, 3.8) is 0 Å². The van der Waals surface area contributed by atoms with Crippen LogP contribution in [0.4, 0.5) is 5.69 Å². The maximum absolute atomic E-state index is 12.7. The maximum atomic E-state index is 12.7. The van der Waals surface area contributed by atoms with Gasteiger partial charge in [-0.3, -0.25) is 9.69 Å². The summed E-state index contributed by atoms with van der Waals surface area (Å²) in [7, 11) is 0. The lowest BCUT2D eigenvalue weighted by Gasteiger charge is -2.33. The van der Waals surface area contributed by atoms with E-state index < -0.39 is 0 Å². The standard InChI is InChI=1S/C15H14BrN3O2/c1-9-8-19(13-7-11(16)3-4-14(13)21-9)15(20)12-5-6-17-10(2)18-12/h3-7,9H,8H2,1-2H3/t9-/m1/s1. The average molecular weight is 348 g/mol. The molecule has 0 unspecified atom stereocenters. The van der Waals surface area contributed by atoms with Crippen LogP contribution >= 0.6 is 15.9 Å². The largest absolute Gasteiger partial charge is 0.487 e. The number of hydrogen-bond acceptors (Lipinski definition) is 4. The number of benzene rings is 1. The van der Waals surface area contributed by atoms with E-state index in [1.807, 2.05) is 25.1 Å². The SMILES string of the molecule is Cc1nccc(C(=O)N2C[C@@H](C)Oc3ccc(Br)cc32)n1. The first-order valence-corrected chi connectivity index (χ1v) is 7.41. The minimum absolute atomic E-state index is 0.0643. The van der Waals surface area contributed by atoms with E-state index in [1.165, 1.54) is 0 Å². The van der Waals surface area contributed by atoms with E-state index in [-0.39, 0.29) is 12.0 Å². The van der Waals surface area contributed by atoms with E-state index in [2.05, 4.69) is 25.9 Å². The smallest absolute Gasteiger partial charge is 0.277 e. The highest BCUT2D eigenvalue weighted by Crippen LogP contribution is 2.36. The summed E-state index contributed by atoms with van der Waals surface area (Å²) in [6.07, 6.45) is 1.53. The molecule has 0 saturated heterocycles. The predicted octanol–water partition coefficient (Wildman–Crippen LogP) is 2.98. The molecule has 1 aromatic carbocycles. The van der Waals surface area contributed by atoms with Gasteiger partial charge in [0.05, 0.1) is 12.2 Å². The molecular weight excluding hydrogens is 334 g/mol. The predicted molar refractivity (Wildman–Crippen MR) is 82.7 cm³/mol. The van der Waals surface area contributed by atoms with Crippen LogP contribution in [0.2, 0.25) is 0 Å². The van der Waals surface area contributed by atoms with Crippen molar-refractivity contribution in [1.82, 2.24) is 9.97 Å². The summed E-state index contributed by atoms with van der Waals surface area (Å²) < 4.78 is 6.68. The molecule has 5 nitrogen and oxygen atoms in total. The van der Waals surface area contributed by atoms with Crippen molar-refractivity contribution in [2.24, 2.45) is 0 Å². The van der Waals surface area contributed by atoms with E-state index in [0.717, 1.165) is 10.2 Å². The fourth-order valence-electron chi connectivity index (χ4n) is 2.32. The maximum Gasteiger partial charge on any atom is 0.277 e. The Morgan fingerprint density at radius 1 is 1.43 bits per heavy atom. The summed E-state index contributed by atoms with van der Waals surface area (Å²) in [5.41, 5.74) is 1.14. The zero-order valence-electron chi connectivity index (χ0n) is 11.7. The number of anilines is 1. The monoisotopic (exact) mass is 347 g/mol. The number of carbonyl (C=O) groups is 1. The number of ether oxygens (including phenoxy) is 1. The molecule has 2 heterocycles. The van der Waals surface area contributed by atoms with Gasteiger partial charge in [-0.05, 0) is 38.1 Å². The number of nitrogens with zero attached hydrogens (tertiary/aromatic N) is 3. The van der Waals surface area contributed by atoms with Crippen molar-refractivity contribution in [2.75, 3.05) is 11.4 Å². The zero-order chi connectivity index (χ0) is 15.0. The van der Waals surface area contributed by atoms with Crippen molar-refractivity contribution in [3.05, 3.63) is 46.5 Å². The van der Waals surface area contributed by atoms with Gasteiger partial charge in [0.2, 0.25) is 0 Å². The molecule has 108 valence electrons. The van der Waals surface area contributed by atoms with Gasteiger partial charge in [0.15, 0.2) is 0 Å². The van der Waals surface area contributed by atoms with E-state index in [0.29, 0.717) is 23.8 Å². The molecule has 1 aliphatic heterocycles. The first-order chi connectivity index (χ1) is 10.0. The van der Waals surface area contributed by atoms with Gasteiger partial charge in [-0.1, -0.05) is 15.9 Å². The Morgan fingerprint density at radius 3 is 3.00 bits per heavy atom. The third-order valence-electron chi connectivity index (χ3n) is 3.22. The van der Waals surface area contributed by atoms with Gasteiger partial charge in [-0.25, -0.2) is 9.97 Å². The van der Waals surface area contributed by atoms with Crippen LogP contribution in [-0.2, 0) is 0 Å². The van der Waals surface area contributed by atoms with Gasteiger partial charge in [0.1, 0.15) is 23.4 Å². The minimum atomic E-state index is -0.144.